The third-order valence-electron chi connectivity index (χ3n) is 2.43. The molecule has 0 aromatic carbocycles. The van der Waals surface area contributed by atoms with Gasteiger partial charge in [0.15, 0.2) is 0 Å². The first-order valence-electron chi connectivity index (χ1n) is 5.61. The van der Waals surface area contributed by atoms with Crippen molar-refractivity contribution < 1.29 is 4.79 Å². The summed E-state index contributed by atoms with van der Waals surface area (Å²) in [4.78, 5) is 15.9. The van der Waals surface area contributed by atoms with Crippen LogP contribution in [0.25, 0.3) is 0 Å². The highest BCUT2D eigenvalue weighted by atomic mass is 16.1. The van der Waals surface area contributed by atoms with Gasteiger partial charge in [-0.05, 0) is 19.4 Å². The standard InChI is InChI=1S/C12H19N3O/c1-4-5-9(2)15-12(16)10-8-14-7-6-11(10)13-3/h6-9H,4-5H2,1-3H3,(H,13,14)(H,15,16). The van der Waals surface area contributed by atoms with Gasteiger partial charge in [0.05, 0.1) is 5.56 Å². The van der Waals surface area contributed by atoms with Crippen molar-refractivity contribution in [3.8, 4) is 0 Å². The largest absolute Gasteiger partial charge is 0.387 e. The molecule has 4 heteroatoms. The second-order valence-corrected chi connectivity index (χ2v) is 3.83. The summed E-state index contributed by atoms with van der Waals surface area (Å²) in [6.45, 7) is 4.11. The van der Waals surface area contributed by atoms with E-state index in [9.17, 15) is 4.79 Å². The summed E-state index contributed by atoms with van der Waals surface area (Å²) in [5, 5.41) is 5.93. The fourth-order valence-corrected chi connectivity index (χ4v) is 1.60. The van der Waals surface area contributed by atoms with Crippen LogP contribution in [-0.4, -0.2) is 24.0 Å². The third kappa shape index (κ3) is 3.22. The maximum absolute atomic E-state index is 11.9. The van der Waals surface area contributed by atoms with Crippen LogP contribution < -0.4 is 10.6 Å². The minimum Gasteiger partial charge on any atom is -0.387 e. The van der Waals surface area contributed by atoms with E-state index in [1.807, 2.05) is 6.92 Å². The van der Waals surface area contributed by atoms with Crippen LogP contribution in [-0.2, 0) is 0 Å². The summed E-state index contributed by atoms with van der Waals surface area (Å²) in [5.41, 5.74) is 1.39. The van der Waals surface area contributed by atoms with Crippen molar-refractivity contribution in [2.75, 3.05) is 12.4 Å². The number of nitrogens with zero attached hydrogens (tertiary/aromatic N) is 1. The number of amides is 1. The highest BCUT2D eigenvalue weighted by Gasteiger charge is 2.12. The van der Waals surface area contributed by atoms with Gasteiger partial charge in [0.1, 0.15) is 0 Å². The number of nitrogens with one attached hydrogen (secondary N) is 2. The smallest absolute Gasteiger partial charge is 0.255 e. The monoisotopic (exact) mass is 221 g/mol. The van der Waals surface area contributed by atoms with E-state index in [0.29, 0.717) is 5.56 Å². The van der Waals surface area contributed by atoms with Gasteiger partial charge in [-0.3, -0.25) is 9.78 Å². The Kier molecular flexibility index (Phi) is 4.76. The van der Waals surface area contributed by atoms with Gasteiger partial charge in [-0.25, -0.2) is 0 Å². The number of hydrogen-bond donors (Lipinski definition) is 2. The van der Waals surface area contributed by atoms with Gasteiger partial charge in [0.2, 0.25) is 0 Å². The predicted molar refractivity (Wildman–Crippen MR) is 65.6 cm³/mol. The van der Waals surface area contributed by atoms with E-state index < -0.39 is 0 Å². The first-order chi connectivity index (χ1) is 7.69. The lowest BCUT2D eigenvalue weighted by molar-refractivity contribution is 0.0939. The summed E-state index contributed by atoms with van der Waals surface area (Å²) in [5.74, 6) is -0.0709. The van der Waals surface area contributed by atoms with Gasteiger partial charge in [0.25, 0.3) is 5.91 Å². The Morgan fingerprint density at radius 2 is 2.31 bits per heavy atom. The molecule has 0 saturated carbocycles. The molecule has 0 bridgehead atoms. The van der Waals surface area contributed by atoms with Crippen molar-refractivity contribution in [2.45, 2.75) is 32.7 Å². The summed E-state index contributed by atoms with van der Waals surface area (Å²) in [6, 6.07) is 1.99. The molecule has 1 unspecified atom stereocenters. The van der Waals surface area contributed by atoms with E-state index in [0.717, 1.165) is 18.5 Å². The Balaban J connectivity index is 2.72. The fourth-order valence-electron chi connectivity index (χ4n) is 1.60. The molecule has 2 N–H and O–H groups in total. The van der Waals surface area contributed by atoms with Crippen LogP contribution in [0.5, 0.6) is 0 Å². The molecule has 0 aliphatic carbocycles. The second kappa shape index (κ2) is 6.10. The van der Waals surface area contributed by atoms with Crippen LogP contribution in [0.2, 0.25) is 0 Å². The number of carbonyl (C=O) groups is 1. The number of anilines is 1. The van der Waals surface area contributed by atoms with E-state index in [-0.39, 0.29) is 11.9 Å². The zero-order chi connectivity index (χ0) is 12.0. The zero-order valence-corrected chi connectivity index (χ0v) is 10.1. The minimum atomic E-state index is -0.0709. The molecule has 0 fully saturated rings. The van der Waals surface area contributed by atoms with E-state index in [1.54, 1.807) is 25.5 Å². The van der Waals surface area contributed by atoms with Crippen molar-refractivity contribution in [1.82, 2.24) is 10.3 Å². The summed E-state index contributed by atoms with van der Waals surface area (Å²) >= 11 is 0. The molecule has 16 heavy (non-hydrogen) atoms. The molecule has 0 aliphatic rings. The lowest BCUT2D eigenvalue weighted by Gasteiger charge is -2.14. The van der Waals surface area contributed by atoms with Crippen LogP contribution in [0.4, 0.5) is 5.69 Å². The average Bonchev–Trinajstić information content (AvgIpc) is 2.29. The number of hydrogen-bond acceptors (Lipinski definition) is 3. The Hall–Kier alpha value is -1.58. The molecule has 0 aliphatic heterocycles. The Bertz CT molecular complexity index is 352. The van der Waals surface area contributed by atoms with Crippen molar-refractivity contribution in [2.24, 2.45) is 0 Å². The number of aromatic nitrogens is 1. The molecular weight excluding hydrogens is 202 g/mol. The first-order valence-corrected chi connectivity index (χ1v) is 5.61. The van der Waals surface area contributed by atoms with Gasteiger partial charge in [-0.2, -0.15) is 0 Å². The van der Waals surface area contributed by atoms with Crippen LogP contribution in [0.1, 0.15) is 37.0 Å². The predicted octanol–water partition coefficient (Wildman–Crippen LogP) is 2.04. The van der Waals surface area contributed by atoms with Crippen LogP contribution in [0, 0.1) is 0 Å². The molecule has 1 heterocycles. The minimum absolute atomic E-state index is 0.0709. The van der Waals surface area contributed by atoms with Gasteiger partial charge in [0, 0.05) is 31.2 Å². The van der Waals surface area contributed by atoms with Crippen molar-refractivity contribution >= 4 is 11.6 Å². The van der Waals surface area contributed by atoms with Gasteiger partial charge in [-0.15, -0.1) is 0 Å². The topological polar surface area (TPSA) is 54.0 Å². The quantitative estimate of drug-likeness (QED) is 0.800. The van der Waals surface area contributed by atoms with Gasteiger partial charge in [-0.1, -0.05) is 13.3 Å². The molecular formula is C12H19N3O. The molecule has 0 radical (unpaired) electrons. The number of carbonyl (C=O) groups excluding carboxylic acids is 1. The first kappa shape index (κ1) is 12.5. The maximum Gasteiger partial charge on any atom is 0.255 e. The van der Waals surface area contributed by atoms with E-state index in [2.05, 4.69) is 22.5 Å². The molecule has 1 atom stereocenters. The third-order valence-corrected chi connectivity index (χ3v) is 2.43. The maximum atomic E-state index is 11.9. The molecule has 1 amide bonds. The van der Waals surface area contributed by atoms with Crippen molar-refractivity contribution in [3.63, 3.8) is 0 Å². The highest BCUT2D eigenvalue weighted by molar-refractivity contribution is 5.99. The molecule has 1 aromatic rings. The molecule has 0 spiro atoms. The van der Waals surface area contributed by atoms with Gasteiger partial charge < -0.3 is 10.6 Å². The summed E-state index contributed by atoms with van der Waals surface area (Å²) in [6.07, 6.45) is 5.30. The van der Waals surface area contributed by atoms with Crippen molar-refractivity contribution in [3.05, 3.63) is 24.0 Å². The average molecular weight is 221 g/mol. The molecule has 0 saturated heterocycles. The van der Waals surface area contributed by atoms with Crippen molar-refractivity contribution in [1.29, 1.82) is 0 Å². The molecule has 1 aromatic heterocycles. The summed E-state index contributed by atoms with van der Waals surface area (Å²) < 4.78 is 0. The number of pyridine rings is 1. The Morgan fingerprint density at radius 3 is 2.94 bits per heavy atom. The number of rotatable bonds is 5. The van der Waals surface area contributed by atoms with Crippen LogP contribution >= 0.6 is 0 Å². The summed E-state index contributed by atoms with van der Waals surface area (Å²) in [7, 11) is 1.79. The second-order valence-electron chi connectivity index (χ2n) is 3.83. The van der Waals surface area contributed by atoms with Gasteiger partial charge >= 0.3 is 0 Å². The van der Waals surface area contributed by atoms with E-state index >= 15 is 0 Å². The molecule has 4 nitrogen and oxygen atoms in total. The molecule has 1 rings (SSSR count). The van der Waals surface area contributed by atoms with E-state index in [4.69, 9.17) is 0 Å². The SMILES string of the molecule is CCCC(C)NC(=O)c1cnccc1NC. The zero-order valence-electron chi connectivity index (χ0n) is 10.1. The van der Waals surface area contributed by atoms with E-state index in [1.165, 1.54) is 0 Å². The van der Waals surface area contributed by atoms with Crippen LogP contribution in [0.15, 0.2) is 18.5 Å². The Labute approximate surface area is 96.5 Å². The molecule has 88 valence electrons. The van der Waals surface area contributed by atoms with Crippen LogP contribution in [0.3, 0.4) is 0 Å². The fraction of sp³-hybridized carbons (Fsp3) is 0.500. The lowest BCUT2D eigenvalue weighted by Crippen LogP contribution is -2.32. The normalized spacial score (nSPS) is 11.9. The Morgan fingerprint density at radius 1 is 1.56 bits per heavy atom. The highest BCUT2D eigenvalue weighted by Crippen LogP contribution is 2.12. The lowest BCUT2D eigenvalue weighted by atomic mass is 10.1.